The SMILES string of the molecule is CC(C)OC(=O)/C=C/C(=O)[O-].COc1c[nH+]c(-c2ccccn2)nc1N. The fourth-order valence-corrected chi connectivity index (χ4v) is 1.62. The van der Waals surface area contributed by atoms with E-state index in [0.717, 1.165) is 11.8 Å². The van der Waals surface area contributed by atoms with E-state index in [2.05, 4.69) is 19.7 Å². The standard InChI is InChI=1S/C10H10N4O.C7H10O4/c1-15-8-6-13-10(14-9(8)11)7-4-2-3-5-12-7;1-5(2)11-7(10)4-3-6(8)9/h2-6H,1H3,(H2,11,13,14);3-5H,1-2H3,(H,8,9)/b;4-3+. The van der Waals surface area contributed by atoms with Gasteiger partial charge in [-0.25, -0.2) is 14.8 Å². The molecule has 3 N–H and O–H groups in total. The van der Waals surface area contributed by atoms with E-state index < -0.39 is 11.9 Å². The molecule has 0 saturated heterocycles. The van der Waals surface area contributed by atoms with E-state index in [0.29, 0.717) is 23.5 Å². The maximum Gasteiger partial charge on any atom is 0.349 e. The number of nitrogens with one attached hydrogen (secondary N) is 1. The summed E-state index contributed by atoms with van der Waals surface area (Å²) in [6.45, 7) is 3.34. The van der Waals surface area contributed by atoms with Crippen molar-refractivity contribution in [2.24, 2.45) is 0 Å². The highest BCUT2D eigenvalue weighted by molar-refractivity contribution is 5.89. The molecule has 9 heteroatoms. The van der Waals surface area contributed by atoms with Gasteiger partial charge in [0, 0.05) is 12.3 Å². The molecule has 0 bridgehead atoms. The number of pyridine rings is 1. The van der Waals surface area contributed by atoms with Gasteiger partial charge >= 0.3 is 11.8 Å². The maximum atomic E-state index is 10.6. The molecule has 0 radical (unpaired) electrons. The summed E-state index contributed by atoms with van der Waals surface area (Å²) in [6, 6.07) is 5.58. The second kappa shape index (κ2) is 10.4. The number of aromatic amines is 1. The van der Waals surface area contributed by atoms with Crippen LogP contribution in [-0.4, -0.2) is 35.1 Å². The van der Waals surface area contributed by atoms with Gasteiger partial charge in [-0.05, 0) is 37.0 Å². The van der Waals surface area contributed by atoms with Crippen LogP contribution in [0.1, 0.15) is 13.8 Å². The number of ether oxygens (including phenoxy) is 2. The summed E-state index contributed by atoms with van der Waals surface area (Å²) in [7, 11) is 1.54. The number of carboxylic acid groups (broad SMARTS) is 1. The third-order valence-corrected chi connectivity index (χ3v) is 2.66. The second-order valence-corrected chi connectivity index (χ2v) is 5.06. The summed E-state index contributed by atoms with van der Waals surface area (Å²) in [5.74, 6) is -0.601. The number of hydrogen-bond donors (Lipinski definition) is 1. The maximum absolute atomic E-state index is 10.6. The Labute approximate surface area is 150 Å². The lowest BCUT2D eigenvalue weighted by atomic mass is 10.3. The Bertz CT molecular complexity index is 763. The molecule has 0 aromatic carbocycles. The van der Waals surface area contributed by atoms with Crippen LogP contribution < -0.4 is 20.6 Å². The Hall–Kier alpha value is -3.49. The molecule has 0 fully saturated rings. The highest BCUT2D eigenvalue weighted by Gasteiger charge is 2.14. The van der Waals surface area contributed by atoms with Gasteiger partial charge in [0.25, 0.3) is 5.82 Å². The molecule has 0 spiro atoms. The zero-order valence-corrected chi connectivity index (χ0v) is 14.6. The van der Waals surface area contributed by atoms with Crippen LogP contribution >= 0.6 is 0 Å². The van der Waals surface area contributed by atoms with Gasteiger partial charge in [-0.3, -0.25) is 0 Å². The van der Waals surface area contributed by atoms with Crippen LogP contribution in [0.4, 0.5) is 5.82 Å². The molecule has 9 nitrogen and oxygen atoms in total. The quantitative estimate of drug-likeness (QED) is 0.570. The number of H-pyrrole nitrogens is 1. The molecular weight excluding hydrogens is 340 g/mol. The molecular formula is C17H20N4O5. The van der Waals surface area contributed by atoms with Crippen LogP contribution in [0.15, 0.2) is 42.7 Å². The predicted octanol–water partition coefficient (Wildman–Crippen LogP) is -0.207. The Balaban J connectivity index is 0.000000276. The number of aromatic nitrogens is 3. The molecule has 26 heavy (non-hydrogen) atoms. The van der Waals surface area contributed by atoms with Gasteiger partial charge in [0.15, 0.2) is 5.69 Å². The van der Waals surface area contributed by atoms with Gasteiger partial charge < -0.3 is 25.1 Å². The van der Waals surface area contributed by atoms with Crippen LogP contribution in [0.5, 0.6) is 5.75 Å². The van der Waals surface area contributed by atoms with E-state index in [-0.39, 0.29) is 6.10 Å². The number of hydrogen-bond acceptors (Lipinski definition) is 8. The van der Waals surface area contributed by atoms with Crippen molar-refractivity contribution in [3.8, 4) is 17.3 Å². The van der Waals surface area contributed by atoms with Gasteiger partial charge in [0.2, 0.25) is 5.75 Å². The third-order valence-electron chi connectivity index (χ3n) is 2.66. The van der Waals surface area contributed by atoms with Gasteiger partial charge in [-0.15, -0.1) is 0 Å². The van der Waals surface area contributed by atoms with Crippen molar-refractivity contribution in [2.75, 3.05) is 12.8 Å². The molecule has 2 aromatic rings. The number of carbonyl (C=O) groups is 2. The monoisotopic (exact) mass is 360 g/mol. The van der Waals surface area contributed by atoms with Crippen molar-refractivity contribution >= 4 is 17.8 Å². The number of nitrogens with zero attached hydrogens (tertiary/aromatic N) is 2. The minimum Gasteiger partial charge on any atom is -0.545 e. The van der Waals surface area contributed by atoms with Crippen LogP contribution in [-0.2, 0) is 14.3 Å². The average molecular weight is 360 g/mol. The minimum absolute atomic E-state index is 0.242. The highest BCUT2D eigenvalue weighted by atomic mass is 16.5. The fourth-order valence-electron chi connectivity index (χ4n) is 1.62. The first-order valence-electron chi connectivity index (χ1n) is 7.56. The summed E-state index contributed by atoms with van der Waals surface area (Å²) in [6.07, 6.45) is 4.56. The van der Waals surface area contributed by atoms with E-state index in [9.17, 15) is 14.7 Å². The van der Waals surface area contributed by atoms with Crippen LogP contribution in [0.3, 0.4) is 0 Å². The normalized spacial score (nSPS) is 10.2. The lowest BCUT2D eigenvalue weighted by molar-refractivity contribution is -0.369. The smallest absolute Gasteiger partial charge is 0.349 e. The fraction of sp³-hybridized carbons (Fsp3) is 0.235. The Morgan fingerprint density at radius 2 is 2.04 bits per heavy atom. The zero-order chi connectivity index (χ0) is 19.5. The number of carbonyl (C=O) groups excluding carboxylic acids is 2. The number of carboxylic acids is 1. The van der Waals surface area contributed by atoms with E-state index in [1.54, 1.807) is 33.4 Å². The molecule has 2 heterocycles. The van der Waals surface area contributed by atoms with E-state index in [1.807, 2.05) is 18.2 Å². The van der Waals surface area contributed by atoms with Crippen molar-refractivity contribution in [3.05, 3.63) is 42.7 Å². The summed E-state index contributed by atoms with van der Waals surface area (Å²) < 4.78 is 9.58. The first-order chi connectivity index (χ1) is 12.3. The van der Waals surface area contributed by atoms with E-state index >= 15 is 0 Å². The number of nitrogen functional groups attached to an aromatic ring is 1. The first kappa shape index (κ1) is 20.6. The zero-order valence-electron chi connectivity index (χ0n) is 14.6. The number of rotatable bonds is 5. The van der Waals surface area contributed by atoms with Crippen molar-refractivity contribution < 1.29 is 29.2 Å². The van der Waals surface area contributed by atoms with E-state index in [1.165, 1.54) is 0 Å². The van der Waals surface area contributed by atoms with Crippen LogP contribution in [0.2, 0.25) is 0 Å². The summed E-state index contributed by atoms with van der Waals surface area (Å²) >= 11 is 0. The minimum atomic E-state index is -1.41. The van der Waals surface area contributed by atoms with Crippen molar-refractivity contribution in [1.29, 1.82) is 0 Å². The molecule has 138 valence electrons. The molecule has 2 rings (SSSR count). The van der Waals surface area contributed by atoms with Crippen LogP contribution in [0.25, 0.3) is 11.5 Å². The van der Waals surface area contributed by atoms with Crippen molar-refractivity contribution in [3.63, 3.8) is 0 Å². The number of methoxy groups -OCH3 is 1. The summed E-state index contributed by atoms with van der Waals surface area (Å²) in [4.78, 5) is 31.6. The third kappa shape index (κ3) is 7.39. The topological polar surface area (TPSA) is 142 Å². The van der Waals surface area contributed by atoms with Crippen molar-refractivity contribution in [2.45, 2.75) is 20.0 Å². The molecule has 0 amide bonds. The lowest BCUT2D eigenvalue weighted by Crippen LogP contribution is -2.19. The second-order valence-electron chi connectivity index (χ2n) is 5.06. The molecule has 0 aliphatic heterocycles. The van der Waals surface area contributed by atoms with Gasteiger partial charge in [-0.2, -0.15) is 0 Å². The number of esters is 1. The van der Waals surface area contributed by atoms with Crippen molar-refractivity contribution in [1.82, 2.24) is 9.97 Å². The Morgan fingerprint density at radius 1 is 1.31 bits per heavy atom. The number of nitrogens with two attached hydrogens (primary N) is 1. The average Bonchev–Trinajstić information content (AvgIpc) is 2.60. The van der Waals surface area contributed by atoms with Crippen LogP contribution in [0, 0.1) is 0 Å². The number of aliphatic carboxylic acids is 1. The van der Waals surface area contributed by atoms with Gasteiger partial charge in [0.1, 0.15) is 6.20 Å². The summed E-state index contributed by atoms with van der Waals surface area (Å²) in [5, 5.41) is 9.78. The lowest BCUT2D eigenvalue weighted by Gasteiger charge is -2.03. The summed E-state index contributed by atoms with van der Waals surface area (Å²) in [5.41, 5.74) is 6.43. The van der Waals surface area contributed by atoms with Gasteiger partial charge in [0.05, 0.1) is 19.2 Å². The molecule has 0 aliphatic carbocycles. The Kier molecular flexibility index (Phi) is 8.21. The largest absolute Gasteiger partial charge is 0.545 e. The highest BCUT2D eigenvalue weighted by Crippen LogP contribution is 2.17. The predicted molar refractivity (Wildman–Crippen MR) is 90.4 cm³/mol. The van der Waals surface area contributed by atoms with E-state index in [4.69, 9.17) is 10.5 Å². The first-order valence-corrected chi connectivity index (χ1v) is 7.56. The van der Waals surface area contributed by atoms with Gasteiger partial charge in [-0.1, -0.05) is 6.07 Å². The molecule has 2 aromatic heterocycles. The Morgan fingerprint density at radius 3 is 2.54 bits per heavy atom. The molecule has 0 unspecified atom stereocenters. The number of anilines is 1. The molecule has 0 atom stereocenters. The molecule has 0 saturated carbocycles. The molecule has 0 aliphatic rings.